The zero-order valence-corrected chi connectivity index (χ0v) is 17.4. The Hall–Kier alpha value is -3.03. The lowest BCUT2D eigenvalue weighted by Gasteiger charge is -2.35. The minimum absolute atomic E-state index is 0.163. The molecule has 1 aromatic heterocycles. The van der Waals surface area contributed by atoms with Gasteiger partial charge in [0.15, 0.2) is 0 Å². The van der Waals surface area contributed by atoms with Crippen LogP contribution in [-0.2, 0) is 16.1 Å². The molecule has 1 amide bonds. The van der Waals surface area contributed by atoms with Crippen LogP contribution < -0.4 is 0 Å². The molecule has 160 valence electrons. The maximum Gasteiger partial charge on any atom is 0.258 e. The quantitative estimate of drug-likeness (QED) is 0.634. The Balaban J connectivity index is 1.16. The molecule has 7 nitrogen and oxygen atoms in total. The van der Waals surface area contributed by atoms with Gasteiger partial charge in [-0.15, -0.1) is 0 Å². The second kappa shape index (κ2) is 8.99. The van der Waals surface area contributed by atoms with E-state index in [4.69, 9.17) is 9.26 Å². The Labute approximate surface area is 181 Å². The molecule has 0 bridgehead atoms. The number of nitrogens with zero attached hydrogens (tertiary/aromatic N) is 4. The monoisotopic (exact) mass is 418 g/mol. The summed E-state index contributed by atoms with van der Waals surface area (Å²) >= 11 is 0. The number of piperazine rings is 1. The summed E-state index contributed by atoms with van der Waals surface area (Å²) in [6.07, 6.45) is 1.63. The first-order valence-corrected chi connectivity index (χ1v) is 10.9. The van der Waals surface area contributed by atoms with Crippen LogP contribution in [0, 0.1) is 0 Å². The molecule has 2 fully saturated rings. The van der Waals surface area contributed by atoms with E-state index in [1.807, 2.05) is 47.4 Å². The second-order valence-electron chi connectivity index (χ2n) is 8.09. The first-order valence-electron chi connectivity index (χ1n) is 10.9. The molecule has 2 aliphatic rings. The molecular formula is C24H26N4O3. The normalized spacial score (nSPS) is 19.6. The van der Waals surface area contributed by atoms with Crippen LogP contribution >= 0.6 is 0 Å². The Morgan fingerprint density at radius 3 is 2.45 bits per heavy atom. The molecule has 2 aliphatic heterocycles. The predicted molar refractivity (Wildman–Crippen MR) is 116 cm³/mol. The summed E-state index contributed by atoms with van der Waals surface area (Å²) in [5, 5.41) is 4.12. The molecule has 7 heteroatoms. The summed E-state index contributed by atoms with van der Waals surface area (Å²) in [7, 11) is 0. The molecule has 1 unspecified atom stereocenters. The van der Waals surface area contributed by atoms with E-state index < -0.39 is 0 Å². The van der Waals surface area contributed by atoms with Crippen molar-refractivity contribution in [3.8, 4) is 22.8 Å². The molecule has 5 rings (SSSR count). The third-order valence-corrected chi connectivity index (χ3v) is 5.95. The number of aromatic nitrogens is 2. The van der Waals surface area contributed by atoms with Crippen LogP contribution in [-0.4, -0.2) is 64.7 Å². The predicted octanol–water partition coefficient (Wildman–Crippen LogP) is 3.23. The Kier molecular flexibility index (Phi) is 5.78. The molecule has 0 N–H and O–H groups in total. The van der Waals surface area contributed by atoms with Crippen LogP contribution in [0.2, 0.25) is 0 Å². The fraction of sp³-hybridized carbons (Fsp3) is 0.375. The molecule has 0 radical (unpaired) electrons. The van der Waals surface area contributed by atoms with Crippen molar-refractivity contribution in [3.05, 3.63) is 60.2 Å². The molecule has 31 heavy (non-hydrogen) atoms. The van der Waals surface area contributed by atoms with E-state index >= 15 is 0 Å². The molecule has 3 heterocycles. The third-order valence-electron chi connectivity index (χ3n) is 5.95. The number of ether oxygens (including phenoxy) is 1. The van der Waals surface area contributed by atoms with Crippen molar-refractivity contribution < 1.29 is 14.1 Å². The number of hydrogen-bond donors (Lipinski definition) is 0. The van der Waals surface area contributed by atoms with Gasteiger partial charge >= 0.3 is 0 Å². The van der Waals surface area contributed by atoms with Crippen molar-refractivity contribution in [2.75, 3.05) is 32.8 Å². The molecule has 0 aliphatic carbocycles. The molecule has 0 saturated carbocycles. The Morgan fingerprint density at radius 2 is 1.74 bits per heavy atom. The van der Waals surface area contributed by atoms with Gasteiger partial charge in [-0.2, -0.15) is 4.98 Å². The largest absolute Gasteiger partial charge is 0.368 e. The van der Waals surface area contributed by atoms with E-state index in [1.54, 1.807) is 0 Å². The molecule has 1 atom stereocenters. The topological polar surface area (TPSA) is 71.7 Å². The third kappa shape index (κ3) is 4.52. The van der Waals surface area contributed by atoms with Gasteiger partial charge in [-0.1, -0.05) is 47.6 Å². The highest BCUT2D eigenvalue weighted by atomic mass is 16.5. The SMILES string of the molecule is O=C(C1CCCO1)N1CCN(Cc2ccc(-c3noc(-c4ccccc4)n3)cc2)CC1. The lowest BCUT2D eigenvalue weighted by Crippen LogP contribution is -2.51. The van der Waals surface area contributed by atoms with Crippen molar-refractivity contribution in [3.63, 3.8) is 0 Å². The standard InChI is InChI=1S/C24H26N4O3/c29-24(21-7-4-16-30-21)28-14-12-27(13-15-28)17-18-8-10-19(11-9-18)22-25-23(31-26-22)20-5-2-1-3-6-20/h1-3,5-6,8-11,21H,4,7,12-17H2. The van der Waals surface area contributed by atoms with E-state index in [2.05, 4.69) is 27.2 Å². The van der Waals surface area contributed by atoms with Crippen LogP contribution in [0.3, 0.4) is 0 Å². The summed E-state index contributed by atoms with van der Waals surface area (Å²) in [6, 6.07) is 18.1. The molecule has 0 spiro atoms. The molecule has 2 aromatic carbocycles. The molecule has 3 aromatic rings. The Morgan fingerprint density at radius 1 is 0.968 bits per heavy atom. The first-order chi connectivity index (χ1) is 15.3. The van der Waals surface area contributed by atoms with E-state index in [0.717, 1.165) is 56.7 Å². The van der Waals surface area contributed by atoms with E-state index in [0.29, 0.717) is 18.3 Å². The summed E-state index contributed by atoms with van der Waals surface area (Å²) in [5.74, 6) is 1.28. The smallest absolute Gasteiger partial charge is 0.258 e. The fourth-order valence-corrected chi connectivity index (χ4v) is 4.16. The first kappa shape index (κ1) is 19.9. The minimum atomic E-state index is -0.216. The number of rotatable bonds is 5. The fourth-order valence-electron chi connectivity index (χ4n) is 4.16. The lowest BCUT2D eigenvalue weighted by atomic mass is 10.1. The van der Waals surface area contributed by atoms with E-state index in [-0.39, 0.29) is 12.0 Å². The second-order valence-corrected chi connectivity index (χ2v) is 8.09. The highest BCUT2D eigenvalue weighted by Crippen LogP contribution is 2.23. The summed E-state index contributed by atoms with van der Waals surface area (Å²) in [6.45, 7) is 4.87. The van der Waals surface area contributed by atoms with Gasteiger partial charge in [-0.25, -0.2) is 0 Å². The average Bonchev–Trinajstić information content (AvgIpc) is 3.53. The highest BCUT2D eigenvalue weighted by molar-refractivity contribution is 5.81. The van der Waals surface area contributed by atoms with Crippen molar-refractivity contribution in [1.82, 2.24) is 19.9 Å². The van der Waals surface area contributed by atoms with Crippen LogP contribution in [0.25, 0.3) is 22.8 Å². The summed E-state index contributed by atoms with van der Waals surface area (Å²) in [4.78, 5) is 21.3. The van der Waals surface area contributed by atoms with Gasteiger partial charge in [0.25, 0.3) is 11.8 Å². The number of benzene rings is 2. The number of carbonyl (C=O) groups is 1. The van der Waals surface area contributed by atoms with Gasteiger partial charge in [-0.3, -0.25) is 9.69 Å². The average molecular weight is 418 g/mol. The lowest BCUT2D eigenvalue weighted by molar-refractivity contribution is -0.142. The van der Waals surface area contributed by atoms with Crippen molar-refractivity contribution in [1.29, 1.82) is 0 Å². The van der Waals surface area contributed by atoms with Crippen LogP contribution in [0.5, 0.6) is 0 Å². The van der Waals surface area contributed by atoms with E-state index in [9.17, 15) is 4.79 Å². The van der Waals surface area contributed by atoms with Gasteiger partial charge in [-0.05, 0) is 30.5 Å². The van der Waals surface area contributed by atoms with Gasteiger partial charge < -0.3 is 14.2 Å². The zero-order chi connectivity index (χ0) is 21.0. The number of carbonyl (C=O) groups excluding carboxylic acids is 1. The number of hydrogen-bond acceptors (Lipinski definition) is 6. The van der Waals surface area contributed by atoms with Gasteiger partial charge in [0, 0.05) is 50.5 Å². The maximum atomic E-state index is 12.5. The van der Waals surface area contributed by atoms with E-state index in [1.165, 1.54) is 5.56 Å². The van der Waals surface area contributed by atoms with Crippen LogP contribution in [0.1, 0.15) is 18.4 Å². The van der Waals surface area contributed by atoms with Crippen LogP contribution in [0.4, 0.5) is 0 Å². The number of amides is 1. The highest BCUT2D eigenvalue weighted by Gasteiger charge is 2.30. The summed E-state index contributed by atoms with van der Waals surface area (Å²) in [5.41, 5.74) is 3.08. The maximum absolute atomic E-state index is 12.5. The van der Waals surface area contributed by atoms with Gasteiger partial charge in [0.1, 0.15) is 6.10 Å². The van der Waals surface area contributed by atoms with Crippen molar-refractivity contribution in [2.45, 2.75) is 25.5 Å². The Bertz CT molecular complexity index is 1000. The van der Waals surface area contributed by atoms with Crippen LogP contribution in [0.15, 0.2) is 59.1 Å². The van der Waals surface area contributed by atoms with Crippen molar-refractivity contribution in [2.24, 2.45) is 0 Å². The summed E-state index contributed by atoms with van der Waals surface area (Å²) < 4.78 is 11.0. The van der Waals surface area contributed by atoms with Crippen molar-refractivity contribution >= 4 is 5.91 Å². The minimum Gasteiger partial charge on any atom is -0.368 e. The zero-order valence-electron chi connectivity index (χ0n) is 17.4. The van der Waals surface area contributed by atoms with Gasteiger partial charge in [0.2, 0.25) is 5.82 Å². The molecular weight excluding hydrogens is 392 g/mol. The molecule has 2 saturated heterocycles. The van der Waals surface area contributed by atoms with Gasteiger partial charge in [0.05, 0.1) is 0 Å².